The molecule has 15 heavy (non-hydrogen) atoms. The Kier molecular flexibility index (Phi) is 2.26. The fraction of sp³-hybridized carbons (Fsp3) is 0.538. The van der Waals surface area contributed by atoms with Crippen molar-refractivity contribution in [2.45, 2.75) is 31.5 Å². The van der Waals surface area contributed by atoms with Crippen molar-refractivity contribution in [2.75, 3.05) is 6.54 Å². The molecule has 1 aliphatic carbocycles. The number of aliphatic hydroxyl groups excluding tert-OH is 1. The zero-order valence-corrected chi connectivity index (χ0v) is 8.84. The molecule has 2 bridgehead atoms. The number of piperidine rings is 1. The van der Waals surface area contributed by atoms with Gasteiger partial charge in [-0.05, 0) is 24.3 Å². The van der Waals surface area contributed by atoms with Gasteiger partial charge in [0.2, 0.25) is 0 Å². The second-order valence-electron chi connectivity index (χ2n) is 4.81. The zero-order valence-electron chi connectivity index (χ0n) is 8.84. The smallest absolute Gasteiger partial charge is 0.0735 e. The molecule has 3 rings (SSSR count). The molecule has 1 N–H and O–H groups in total. The Morgan fingerprint density at radius 3 is 2.60 bits per heavy atom. The number of hydrogen-bond donors (Lipinski definition) is 1. The average molecular weight is 203 g/mol. The summed E-state index contributed by atoms with van der Waals surface area (Å²) in [4.78, 5) is 2.44. The van der Waals surface area contributed by atoms with E-state index in [-0.39, 0.29) is 6.10 Å². The number of benzene rings is 1. The van der Waals surface area contributed by atoms with Crippen molar-refractivity contribution in [3.8, 4) is 0 Å². The van der Waals surface area contributed by atoms with Gasteiger partial charge in [-0.2, -0.15) is 0 Å². The number of hydrogen-bond acceptors (Lipinski definition) is 2. The van der Waals surface area contributed by atoms with Crippen molar-refractivity contribution in [3.63, 3.8) is 0 Å². The fourth-order valence-corrected chi connectivity index (χ4v) is 3.07. The van der Waals surface area contributed by atoms with Crippen molar-refractivity contribution in [3.05, 3.63) is 35.9 Å². The number of rotatable bonds is 2. The van der Waals surface area contributed by atoms with Crippen LogP contribution in [0.15, 0.2) is 30.3 Å². The molecular formula is C13H17NO. The fourth-order valence-electron chi connectivity index (χ4n) is 3.07. The van der Waals surface area contributed by atoms with Gasteiger partial charge in [-0.25, -0.2) is 0 Å². The summed E-state index contributed by atoms with van der Waals surface area (Å²) >= 11 is 0. The van der Waals surface area contributed by atoms with E-state index < -0.39 is 0 Å². The lowest BCUT2D eigenvalue weighted by Gasteiger charge is -2.26. The molecule has 0 spiro atoms. The van der Waals surface area contributed by atoms with Crippen LogP contribution in [0.3, 0.4) is 0 Å². The Labute approximate surface area is 90.5 Å². The summed E-state index contributed by atoms with van der Waals surface area (Å²) in [6.45, 7) is 2.08. The maximum absolute atomic E-state index is 9.94. The summed E-state index contributed by atoms with van der Waals surface area (Å²) in [6, 6.07) is 11.0. The molecule has 1 heterocycles. The van der Waals surface area contributed by atoms with Crippen molar-refractivity contribution < 1.29 is 5.11 Å². The van der Waals surface area contributed by atoms with E-state index in [1.165, 1.54) is 18.4 Å². The lowest BCUT2D eigenvalue weighted by Crippen LogP contribution is -2.33. The molecule has 2 fully saturated rings. The lowest BCUT2D eigenvalue weighted by molar-refractivity contribution is 0.121. The zero-order chi connectivity index (χ0) is 10.3. The minimum Gasteiger partial charge on any atom is -0.391 e. The first-order chi connectivity index (χ1) is 7.34. The van der Waals surface area contributed by atoms with E-state index in [0.717, 1.165) is 13.1 Å². The van der Waals surface area contributed by atoms with Gasteiger partial charge in [-0.3, -0.25) is 4.90 Å². The first-order valence-electron chi connectivity index (χ1n) is 5.80. The maximum atomic E-state index is 9.94. The van der Waals surface area contributed by atoms with Gasteiger partial charge in [0.1, 0.15) is 0 Å². The van der Waals surface area contributed by atoms with Gasteiger partial charge < -0.3 is 5.11 Å². The van der Waals surface area contributed by atoms with Crippen LogP contribution in [-0.2, 0) is 6.54 Å². The maximum Gasteiger partial charge on any atom is 0.0735 e. The van der Waals surface area contributed by atoms with Crippen molar-refractivity contribution in [1.29, 1.82) is 0 Å². The molecular weight excluding hydrogens is 186 g/mol. The molecule has 2 nitrogen and oxygen atoms in total. The monoisotopic (exact) mass is 203 g/mol. The van der Waals surface area contributed by atoms with Crippen LogP contribution in [0.25, 0.3) is 0 Å². The van der Waals surface area contributed by atoms with Gasteiger partial charge in [-0.15, -0.1) is 0 Å². The van der Waals surface area contributed by atoms with E-state index in [2.05, 4.69) is 35.2 Å². The van der Waals surface area contributed by atoms with Crippen LogP contribution in [-0.4, -0.2) is 28.7 Å². The number of aliphatic hydroxyl groups is 1. The summed E-state index contributed by atoms with van der Waals surface area (Å²) in [5, 5.41) is 9.94. The van der Waals surface area contributed by atoms with Gasteiger partial charge in [-0.1, -0.05) is 30.3 Å². The molecule has 1 aromatic carbocycles. The highest BCUT2D eigenvalue weighted by atomic mass is 16.3. The van der Waals surface area contributed by atoms with Crippen molar-refractivity contribution >= 4 is 0 Å². The van der Waals surface area contributed by atoms with E-state index in [4.69, 9.17) is 0 Å². The van der Waals surface area contributed by atoms with Crippen molar-refractivity contribution in [1.82, 2.24) is 4.90 Å². The van der Waals surface area contributed by atoms with Crippen molar-refractivity contribution in [2.24, 2.45) is 5.92 Å². The number of fused-ring (bicyclic) bond motifs is 2. The Hall–Kier alpha value is -0.860. The highest BCUT2D eigenvalue weighted by molar-refractivity contribution is 5.15. The average Bonchev–Trinajstić information content (AvgIpc) is 2.75. The first kappa shape index (κ1) is 9.37. The molecule has 0 radical (unpaired) electrons. The normalized spacial score (nSPS) is 34.9. The van der Waals surface area contributed by atoms with E-state index in [9.17, 15) is 5.11 Å². The number of nitrogens with zero attached hydrogens (tertiary/aromatic N) is 1. The second kappa shape index (κ2) is 3.62. The predicted octanol–water partition coefficient (Wildman–Crippen LogP) is 1.64. The molecule has 1 saturated heterocycles. The van der Waals surface area contributed by atoms with Crippen LogP contribution in [0.4, 0.5) is 0 Å². The highest BCUT2D eigenvalue weighted by Gasteiger charge is 2.45. The van der Waals surface area contributed by atoms with Gasteiger partial charge >= 0.3 is 0 Å². The van der Waals surface area contributed by atoms with E-state index in [1.807, 2.05) is 0 Å². The van der Waals surface area contributed by atoms with Crippen LogP contribution in [0.2, 0.25) is 0 Å². The standard InChI is InChI=1S/C13H17NO/c15-13-11-6-7-12(13)14(9-11)8-10-4-2-1-3-5-10/h1-5,11-13,15H,6-9H2/t11-,12-,13-/m1/s1. The topological polar surface area (TPSA) is 23.5 Å². The third kappa shape index (κ3) is 1.58. The number of likely N-dealkylation sites (tertiary alicyclic amines) is 1. The molecule has 0 aromatic heterocycles. The molecule has 0 amide bonds. The van der Waals surface area contributed by atoms with Crippen LogP contribution in [0, 0.1) is 5.92 Å². The summed E-state index contributed by atoms with van der Waals surface area (Å²) in [6.07, 6.45) is 2.34. The summed E-state index contributed by atoms with van der Waals surface area (Å²) in [5.74, 6) is 0.540. The van der Waals surface area contributed by atoms with E-state index in [0.29, 0.717) is 12.0 Å². The molecule has 1 saturated carbocycles. The van der Waals surface area contributed by atoms with Crippen LogP contribution in [0.1, 0.15) is 18.4 Å². The molecule has 2 heteroatoms. The predicted molar refractivity (Wildman–Crippen MR) is 59.4 cm³/mol. The van der Waals surface area contributed by atoms with Crippen LogP contribution < -0.4 is 0 Å². The van der Waals surface area contributed by atoms with Gasteiger partial charge in [0.15, 0.2) is 0 Å². The molecule has 2 aliphatic rings. The van der Waals surface area contributed by atoms with Gasteiger partial charge in [0.05, 0.1) is 6.10 Å². The quantitative estimate of drug-likeness (QED) is 0.790. The lowest BCUT2D eigenvalue weighted by atomic mass is 10.1. The molecule has 1 aliphatic heterocycles. The summed E-state index contributed by atoms with van der Waals surface area (Å²) < 4.78 is 0. The Morgan fingerprint density at radius 2 is 2.00 bits per heavy atom. The van der Waals surface area contributed by atoms with E-state index in [1.54, 1.807) is 0 Å². The SMILES string of the molecule is O[C@@H]1[C@@H]2CC[C@H]1N(Cc1ccccc1)C2. The Morgan fingerprint density at radius 1 is 1.20 bits per heavy atom. The van der Waals surface area contributed by atoms with Crippen LogP contribution >= 0.6 is 0 Å². The summed E-state index contributed by atoms with van der Waals surface area (Å²) in [5.41, 5.74) is 1.36. The van der Waals surface area contributed by atoms with Gasteiger partial charge in [0, 0.05) is 19.1 Å². The van der Waals surface area contributed by atoms with Gasteiger partial charge in [0.25, 0.3) is 0 Å². The highest BCUT2D eigenvalue weighted by Crippen LogP contribution is 2.38. The minimum atomic E-state index is -0.0614. The first-order valence-corrected chi connectivity index (χ1v) is 5.80. The third-order valence-electron chi connectivity index (χ3n) is 3.88. The second-order valence-corrected chi connectivity index (χ2v) is 4.81. The largest absolute Gasteiger partial charge is 0.391 e. The Bertz CT molecular complexity index is 338. The minimum absolute atomic E-state index is 0.0614. The molecule has 0 unspecified atom stereocenters. The molecule has 3 atom stereocenters. The Balaban J connectivity index is 1.71. The molecule has 1 aromatic rings. The van der Waals surface area contributed by atoms with E-state index >= 15 is 0 Å². The summed E-state index contributed by atoms with van der Waals surface area (Å²) in [7, 11) is 0. The van der Waals surface area contributed by atoms with Crippen LogP contribution in [0.5, 0.6) is 0 Å². The molecule has 80 valence electrons. The third-order valence-corrected chi connectivity index (χ3v) is 3.88.